The molecule has 2 aliphatic rings. The molecule has 0 saturated heterocycles. The number of fused-ring (bicyclic) bond motifs is 1. The highest BCUT2D eigenvalue weighted by atomic mass is 16.6. The Morgan fingerprint density at radius 1 is 1.10 bits per heavy atom. The van der Waals surface area contributed by atoms with Gasteiger partial charge in [-0.15, -0.1) is 0 Å². The van der Waals surface area contributed by atoms with Gasteiger partial charge in [-0.05, 0) is 49.1 Å². The minimum atomic E-state index is -0.218. The van der Waals surface area contributed by atoms with Crippen molar-refractivity contribution in [2.75, 3.05) is 25.1 Å². The van der Waals surface area contributed by atoms with Crippen molar-refractivity contribution in [2.45, 2.75) is 32.2 Å². The molecule has 1 atom stereocenters. The van der Waals surface area contributed by atoms with Crippen molar-refractivity contribution in [1.82, 2.24) is 5.32 Å². The summed E-state index contributed by atoms with van der Waals surface area (Å²) in [5.41, 5.74) is 1.63. The van der Waals surface area contributed by atoms with E-state index < -0.39 is 0 Å². The second kappa shape index (κ2) is 9.07. The van der Waals surface area contributed by atoms with Crippen LogP contribution in [-0.4, -0.2) is 31.6 Å². The molecule has 1 heterocycles. The fourth-order valence-electron chi connectivity index (χ4n) is 3.34. The van der Waals surface area contributed by atoms with Crippen LogP contribution in [0.25, 0.3) is 0 Å². The van der Waals surface area contributed by atoms with Crippen LogP contribution in [0.15, 0.2) is 42.5 Å². The van der Waals surface area contributed by atoms with E-state index in [2.05, 4.69) is 10.6 Å². The maximum atomic E-state index is 12.4. The van der Waals surface area contributed by atoms with Crippen molar-refractivity contribution in [2.24, 2.45) is 5.92 Å². The first-order chi connectivity index (χ1) is 14.6. The largest absolute Gasteiger partial charge is 0.486 e. The Labute approximate surface area is 175 Å². The lowest BCUT2D eigenvalue weighted by atomic mass is 10.0. The molecule has 30 heavy (non-hydrogen) atoms. The minimum Gasteiger partial charge on any atom is -0.486 e. The Kier molecular flexibility index (Phi) is 6.07. The quantitative estimate of drug-likeness (QED) is 0.696. The van der Waals surface area contributed by atoms with E-state index in [4.69, 9.17) is 14.2 Å². The Morgan fingerprint density at radius 2 is 1.90 bits per heavy atom. The van der Waals surface area contributed by atoms with Gasteiger partial charge in [0.25, 0.3) is 5.91 Å². The van der Waals surface area contributed by atoms with Gasteiger partial charge >= 0.3 is 0 Å². The molecule has 1 unspecified atom stereocenters. The van der Waals surface area contributed by atoms with Gasteiger partial charge in [-0.2, -0.15) is 0 Å². The molecular weight excluding hydrogens is 384 g/mol. The minimum absolute atomic E-state index is 0.0371. The summed E-state index contributed by atoms with van der Waals surface area (Å²) >= 11 is 0. The summed E-state index contributed by atoms with van der Waals surface area (Å²) in [6, 6.07) is 12.7. The number of anilines is 1. The zero-order valence-corrected chi connectivity index (χ0v) is 17.0. The smallest absolute Gasteiger partial charge is 0.258 e. The molecule has 7 heteroatoms. The Balaban J connectivity index is 1.32. The van der Waals surface area contributed by atoms with Gasteiger partial charge in [-0.3, -0.25) is 9.59 Å². The standard InChI is InChI=1S/C23H26N2O5/c1-2-19(16-8-9-20-21(12-16)29-11-10-28-20)25-22(26)14-30-18-5-3-4-17(13-18)24-23(27)15-6-7-15/h3-5,8-9,12-13,15,19H,2,6-7,10-11,14H2,1H3,(H,24,27)(H,25,26). The number of hydrogen-bond acceptors (Lipinski definition) is 5. The van der Waals surface area contributed by atoms with Crippen molar-refractivity contribution in [1.29, 1.82) is 0 Å². The molecule has 4 rings (SSSR count). The third kappa shape index (κ3) is 5.03. The van der Waals surface area contributed by atoms with Gasteiger partial charge in [0, 0.05) is 17.7 Å². The van der Waals surface area contributed by atoms with Crippen LogP contribution >= 0.6 is 0 Å². The van der Waals surface area contributed by atoms with Crippen LogP contribution < -0.4 is 24.8 Å². The van der Waals surface area contributed by atoms with Gasteiger partial charge in [-0.1, -0.05) is 19.1 Å². The second-order valence-electron chi connectivity index (χ2n) is 7.51. The fraction of sp³-hybridized carbons (Fsp3) is 0.391. The molecule has 2 amide bonds. The number of carbonyl (C=O) groups excluding carboxylic acids is 2. The Morgan fingerprint density at radius 3 is 2.67 bits per heavy atom. The summed E-state index contributed by atoms with van der Waals surface area (Å²) in [7, 11) is 0. The SMILES string of the molecule is CCC(NC(=O)COc1cccc(NC(=O)C2CC2)c1)c1ccc2c(c1)OCCO2. The summed E-state index contributed by atoms with van der Waals surface area (Å²) in [6.45, 7) is 2.96. The Hall–Kier alpha value is -3.22. The van der Waals surface area contributed by atoms with E-state index in [1.807, 2.05) is 31.2 Å². The highest BCUT2D eigenvalue weighted by molar-refractivity contribution is 5.94. The molecule has 1 fully saturated rings. The monoisotopic (exact) mass is 410 g/mol. The molecule has 0 bridgehead atoms. The first-order valence-corrected chi connectivity index (χ1v) is 10.3. The fourth-order valence-corrected chi connectivity index (χ4v) is 3.34. The van der Waals surface area contributed by atoms with Crippen LogP contribution in [0.2, 0.25) is 0 Å². The van der Waals surface area contributed by atoms with Crippen LogP contribution in [0.3, 0.4) is 0 Å². The van der Waals surface area contributed by atoms with Gasteiger partial charge in [0.1, 0.15) is 19.0 Å². The highest BCUT2D eigenvalue weighted by Crippen LogP contribution is 2.33. The number of carbonyl (C=O) groups is 2. The zero-order valence-electron chi connectivity index (χ0n) is 17.0. The number of hydrogen-bond donors (Lipinski definition) is 2. The second-order valence-corrected chi connectivity index (χ2v) is 7.51. The summed E-state index contributed by atoms with van der Waals surface area (Å²) in [6.07, 6.45) is 2.63. The van der Waals surface area contributed by atoms with Crippen molar-refractivity contribution in [3.63, 3.8) is 0 Å². The molecule has 2 aromatic rings. The lowest BCUT2D eigenvalue weighted by molar-refractivity contribution is -0.124. The molecule has 158 valence electrons. The van der Waals surface area contributed by atoms with Gasteiger partial charge in [0.2, 0.25) is 5.91 Å². The molecule has 2 aromatic carbocycles. The van der Waals surface area contributed by atoms with Crippen molar-refractivity contribution in [3.05, 3.63) is 48.0 Å². The van der Waals surface area contributed by atoms with Crippen molar-refractivity contribution in [3.8, 4) is 17.2 Å². The highest BCUT2D eigenvalue weighted by Gasteiger charge is 2.29. The molecule has 0 aromatic heterocycles. The number of benzene rings is 2. The van der Waals surface area contributed by atoms with E-state index in [0.29, 0.717) is 30.4 Å². The van der Waals surface area contributed by atoms with Crippen molar-refractivity contribution >= 4 is 17.5 Å². The molecule has 0 radical (unpaired) electrons. The lowest BCUT2D eigenvalue weighted by Gasteiger charge is -2.22. The van der Waals surface area contributed by atoms with Crippen LogP contribution in [0.5, 0.6) is 17.2 Å². The van der Waals surface area contributed by atoms with E-state index in [-0.39, 0.29) is 30.4 Å². The lowest BCUT2D eigenvalue weighted by Crippen LogP contribution is -2.32. The molecular formula is C23H26N2O5. The van der Waals surface area contributed by atoms with Gasteiger partial charge in [0.05, 0.1) is 6.04 Å². The van der Waals surface area contributed by atoms with Gasteiger partial charge < -0.3 is 24.8 Å². The van der Waals surface area contributed by atoms with E-state index in [1.165, 1.54) is 0 Å². The molecule has 1 saturated carbocycles. The predicted molar refractivity (Wildman–Crippen MR) is 112 cm³/mol. The zero-order chi connectivity index (χ0) is 20.9. The molecule has 7 nitrogen and oxygen atoms in total. The van der Waals surface area contributed by atoms with Crippen LogP contribution in [0, 0.1) is 5.92 Å². The number of amides is 2. The van der Waals surface area contributed by atoms with E-state index in [0.717, 1.165) is 30.6 Å². The third-order valence-corrected chi connectivity index (χ3v) is 5.13. The average Bonchev–Trinajstić information content (AvgIpc) is 3.61. The average molecular weight is 410 g/mol. The van der Waals surface area contributed by atoms with Gasteiger partial charge in [0.15, 0.2) is 18.1 Å². The maximum absolute atomic E-state index is 12.4. The number of ether oxygens (including phenoxy) is 3. The number of nitrogens with one attached hydrogen (secondary N) is 2. The normalized spacial score (nSPS) is 15.8. The predicted octanol–water partition coefficient (Wildman–Crippen LogP) is 3.45. The van der Waals surface area contributed by atoms with Crippen molar-refractivity contribution < 1.29 is 23.8 Å². The topological polar surface area (TPSA) is 85.9 Å². The third-order valence-electron chi connectivity index (χ3n) is 5.13. The summed E-state index contributed by atoms with van der Waals surface area (Å²) < 4.78 is 16.8. The summed E-state index contributed by atoms with van der Waals surface area (Å²) in [5, 5.41) is 5.88. The van der Waals surface area contributed by atoms with E-state index in [9.17, 15) is 9.59 Å². The molecule has 2 N–H and O–H groups in total. The van der Waals surface area contributed by atoms with Crippen LogP contribution in [-0.2, 0) is 9.59 Å². The van der Waals surface area contributed by atoms with Crippen LogP contribution in [0.1, 0.15) is 37.8 Å². The van der Waals surface area contributed by atoms with Crippen LogP contribution in [0.4, 0.5) is 5.69 Å². The molecule has 0 spiro atoms. The molecule has 1 aliphatic heterocycles. The summed E-state index contributed by atoms with van der Waals surface area (Å²) in [4.78, 5) is 24.3. The first kappa shape index (κ1) is 20.1. The Bertz CT molecular complexity index is 926. The number of rotatable bonds is 8. The van der Waals surface area contributed by atoms with E-state index in [1.54, 1.807) is 18.2 Å². The maximum Gasteiger partial charge on any atom is 0.258 e. The first-order valence-electron chi connectivity index (χ1n) is 10.3. The van der Waals surface area contributed by atoms with Gasteiger partial charge in [-0.25, -0.2) is 0 Å². The summed E-state index contributed by atoms with van der Waals surface area (Å²) in [5.74, 6) is 1.91. The van der Waals surface area contributed by atoms with E-state index >= 15 is 0 Å². The molecule has 1 aliphatic carbocycles.